The van der Waals surface area contributed by atoms with Crippen molar-refractivity contribution < 1.29 is 14.2 Å². The van der Waals surface area contributed by atoms with Gasteiger partial charge in [0.25, 0.3) is 0 Å². The van der Waals surface area contributed by atoms with Gasteiger partial charge in [-0.25, -0.2) is 0 Å². The minimum absolute atomic E-state index is 0.493. The highest BCUT2D eigenvalue weighted by atomic mass is 16.5. The lowest BCUT2D eigenvalue weighted by Crippen LogP contribution is -2.04. The third-order valence-corrected chi connectivity index (χ3v) is 4.23. The number of nitrogens with one attached hydrogen (secondary N) is 1. The Morgan fingerprint density at radius 1 is 1.04 bits per heavy atom. The molecular weight excluding hydrogens is 340 g/mol. The van der Waals surface area contributed by atoms with E-state index in [1.807, 2.05) is 37.3 Å². The summed E-state index contributed by atoms with van der Waals surface area (Å²) in [6, 6.07) is 13.8. The molecule has 0 unspecified atom stereocenters. The first-order valence-electron chi connectivity index (χ1n) is 8.74. The number of pyridine rings is 1. The van der Waals surface area contributed by atoms with Gasteiger partial charge in [0.1, 0.15) is 18.1 Å². The molecule has 0 radical (unpaired) electrons. The van der Waals surface area contributed by atoms with Crippen molar-refractivity contribution in [2.75, 3.05) is 32.8 Å². The van der Waals surface area contributed by atoms with E-state index in [0.29, 0.717) is 19.0 Å². The average molecular weight is 364 g/mol. The number of rotatable bonds is 8. The maximum absolute atomic E-state index is 5.65. The minimum atomic E-state index is 0.493. The minimum Gasteiger partial charge on any atom is -0.494 e. The predicted molar refractivity (Wildman–Crippen MR) is 110 cm³/mol. The van der Waals surface area contributed by atoms with Gasteiger partial charge in [-0.15, -0.1) is 0 Å². The molecule has 0 aliphatic carbocycles. The molecule has 0 saturated carbocycles. The molecule has 1 heterocycles. The summed E-state index contributed by atoms with van der Waals surface area (Å²) in [5.74, 6) is 1.44. The Kier molecular flexibility index (Phi) is 5.94. The van der Waals surface area contributed by atoms with Crippen molar-refractivity contribution in [3.8, 4) is 11.5 Å². The summed E-state index contributed by atoms with van der Waals surface area (Å²) in [6.45, 7) is 7.02. The lowest BCUT2D eigenvalue weighted by Gasteiger charge is -2.15. The molecule has 27 heavy (non-hydrogen) atoms. The van der Waals surface area contributed by atoms with E-state index in [4.69, 9.17) is 14.2 Å². The van der Waals surface area contributed by atoms with Crippen molar-refractivity contribution in [1.82, 2.24) is 4.98 Å². The van der Waals surface area contributed by atoms with E-state index in [1.54, 1.807) is 20.4 Å². The summed E-state index contributed by atoms with van der Waals surface area (Å²) in [7, 11) is 3.29. The zero-order valence-electron chi connectivity index (χ0n) is 15.9. The molecule has 3 rings (SSSR count). The number of ether oxygens (including phenoxy) is 3. The molecule has 1 N–H and O–H groups in total. The van der Waals surface area contributed by atoms with E-state index >= 15 is 0 Å². The number of hydrogen-bond donors (Lipinski definition) is 1. The van der Waals surface area contributed by atoms with Gasteiger partial charge in [-0.2, -0.15) is 0 Å². The smallest absolute Gasteiger partial charge is 0.145 e. The van der Waals surface area contributed by atoms with Crippen LogP contribution < -0.4 is 14.8 Å². The van der Waals surface area contributed by atoms with Crippen LogP contribution in [0.2, 0.25) is 0 Å². The van der Waals surface area contributed by atoms with Gasteiger partial charge < -0.3 is 19.5 Å². The monoisotopic (exact) mass is 364 g/mol. The van der Waals surface area contributed by atoms with E-state index in [2.05, 4.69) is 29.0 Å². The van der Waals surface area contributed by atoms with Gasteiger partial charge in [-0.1, -0.05) is 24.3 Å². The van der Waals surface area contributed by atoms with Crippen LogP contribution in [0.4, 0.5) is 11.4 Å². The van der Waals surface area contributed by atoms with Gasteiger partial charge in [0, 0.05) is 30.4 Å². The van der Waals surface area contributed by atoms with Crippen LogP contribution in [0.1, 0.15) is 12.5 Å². The lowest BCUT2D eigenvalue weighted by atomic mass is 10.1. The van der Waals surface area contributed by atoms with Crippen molar-refractivity contribution in [3.05, 3.63) is 60.8 Å². The van der Waals surface area contributed by atoms with Crippen molar-refractivity contribution in [2.24, 2.45) is 0 Å². The lowest BCUT2D eigenvalue weighted by molar-refractivity contribution is 0.146. The maximum atomic E-state index is 5.65. The molecular formula is C22H24N2O3. The summed E-state index contributed by atoms with van der Waals surface area (Å²) in [5.41, 5.74) is 4.83. The highest BCUT2D eigenvalue weighted by Crippen LogP contribution is 2.34. The molecule has 5 heteroatoms. The number of nitrogens with zero attached hydrogens (tertiary/aromatic N) is 1. The van der Waals surface area contributed by atoms with Crippen LogP contribution in [0.15, 0.2) is 55.2 Å². The van der Waals surface area contributed by atoms with E-state index in [-0.39, 0.29) is 0 Å². The first-order chi connectivity index (χ1) is 13.1. The van der Waals surface area contributed by atoms with Crippen molar-refractivity contribution in [2.45, 2.75) is 6.92 Å². The van der Waals surface area contributed by atoms with Crippen LogP contribution in [0, 0.1) is 0 Å². The van der Waals surface area contributed by atoms with Gasteiger partial charge in [0.2, 0.25) is 0 Å². The summed E-state index contributed by atoms with van der Waals surface area (Å²) in [4.78, 5) is 4.48. The second kappa shape index (κ2) is 8.56. The van der Waals surface area contributed by atoms with Crippen LogP contribution >= 0.6 is 0 Å². The van der Waals surface area contributed by atoms with E-state index in [1.165, 1.54) is 0 Å². The molecule has 0 fully saturated rings. The molecule has 3 aromatic rings. The molecule has 0 spiro atoms. The second-order valence-electron chi connectivity index (χ2n) is 6.20. The standard InChI is InChI=1S/C22H24N2O3/c1-15(2)16-5-7-18-19(9-10-23-21(18)13-16)24-20-8-6-17(14-22(20)26-4)27-12-11-25-3/h5-10,13-14H,1,11-12H2,2-4H3,(H,23,24). The molecule has 2 aromatic carbocycles. The fourth-order valence-electron chi connectivity index (χ4n) is 2.78. The Morgan fingerprint density at radius 2 is 1.89 bits per heavy atom. The van der Waals surface area contributed by atoms with E-state index in [9.17, 15) is 0 Å². The fraction of sp³-hybridized carbons (Fsp3) is 0.227. The molecule has 0 saturated heterocycles. The summed E-state index contributed by atoms with van der Waals surface area (Å²) in [5, 5.41) is 4.47. The first kappa shape index (κ1) is 18.7. The summed E-state index contributed by atoms with van der Waals surface area (Å²) >= 11 is 0. The number of aromatic nitrogens is 1. The topological polar surface area (TPSA) is 52.6 Å². The van der Waals surface area contributed by atoms with Gasteiger partial charge >= 0.3 is 0 Å². The van der Waals surface area contributed by atoms with Gasteiger partial charge in [0.15, 0.2) is 0 Å². The van der Waals surface area contributed by atoms with Crippen LogP contribution in [0.25, 0.3) is 16.5 Å². The maximum Gasteiger partial charge on any atom is 0.145 e. The SMILES string of the molecule is C=C(C)c1ccc2c(Nc3ccc(OCCOC)cc3OC)ccnc2c1. The second-order valence-corrected chi connectivity index (χ2v) is 6.20. The van der Waals surface area contributed by atoms with Crippen molar-refractivity contribution >= 4 is 27.9 Å². The number of methoxy groups -OCH3 is 2. The Hall–Kier alpha value is -3.05. The molecule has 0 aliphatic heterocycles. The highest BCUT2D eigenvalue weighted by Gasteiger charge is 2.09. The number of anilines is 2. The molecule has 140 valence electrons. The zero-order chi connectivity index (χ0) is 19.2. The zero-order valence-corrected chi connectivity index (χ0v) is 15.9. The van der Waals surface area contributed by atoms with Crippen LogP contribution in [0.5, 0.6) is 11.5 Å². The molecule has 0 aliphatic rings. The quantitative estimate of drug-likeness (QED) is 0.567. The van der Waals surface area contributed by atoms with Gasteiger partial charge in [0.05, 0.1) is 24.9 Å². The summed E-state index contributed by atoms with van der Waals surface area (Å²) < 4.78 is 16.2. The van der Waals surface area contributed by atoms with Crippen LogP contribution in [0.3, 0.4) is 0 Å². The van der Waals surface area contributed by atoms with Crippen molar-refractivity contribution in [3.63, 3.8) is 0 Å². The van der Waals surface area contributed by atoms with Gasteiger partial charge in [-0.3, -0.25) is 4.98 Å². The number of fused-ring (bicyclic) bond motifs is 1. The third-order valence-electron chi connectivity index (χ3n) is 4.23. The molecule has 5 nitrogen and oxygen atoms in total. The Labute approximate surface area is 159 Å². The van der Waals surface area contributed by atoms with E-state index < -0.39 is 0 Å². The molecule has 0 amide bonds. The average Bonchev–Trinajstić information content (AvgIpc) is 2.69. The Morgan fingerprint density at radius 3 is 2.63 bits per heavy atom. The number of allylic oxidation sites excluding steroid dienone is 1. The number of hydrogen-bond acceptors (Lipinski definition) is 5. The predicted octanol–water partition coefficient (Wildman–Crippen LogP) is 5.05. The van der Waals surface area contributed by atoms with Crippen LogP contribution in [-0.2, 0) is 4.74 Å². The Balaban J connectivity index is 1.89. The van der Waals surface area contributed by atoms with E-state index in [0.717, 1.165) is 39.2 Å². The number of benzene rings is 2. The van der Waals surface area contributed by atoms with Crippen molar-refractivity contribution in [1.29, 1.82) is 0 Å². The summed E-state index contributed by atoms with van der Waals surface area (Å²) in [6.07, 6.45) is 1.79. The van der Waals surface area contributed by atoms with Crippen LogP contribution in [-0.4, -0.2) is 32.4 Å². The fourth-order valence-corrected chi connectivity index (χ4v) is 2.78. The first-order valence-corrected chi connectivity index (χ1v) is 8.74. The molecule has 1 aromatic heterocycles. The van der Waals surface area contributed by atoms with Gasteiger partial charge in [-0.05, 0) is 36.8 Å². The molecule has 0 bridgehead atoms. The molecule has 0 atom stereocenters. The Bertz CT molecular complexity index is 953. The third kappa shape index (κ3) is 4.38. The highest BCUT2D eigenvalue weighted by molar-refractivity contribution is 5.94. The largest absolute Gasteiger partial charge is 0.494 e. The normalized spacial score (nSPS) is 10.6.